The number of carbonyl (C=O) groups excluding carboxylic acids is 7. The van der Waals surface area contributed by atoms with Crippen LogP contribution in [0.3, 0.4) is 0 Å². The Bertz CT molecular complexity index is 1110. The first-order chi connectivity index (χ1) is 27.6. The molecular formula is C43H78N3Na3O12. The van der Waals surface area contributed by atoms with E-state index in [-0.39, 0.29) is 145 Å². The third-order valence-corrected chi connectivity index (χ3v) is 9.20. The molecule has 0 heterocycles. The van der Waals surface area contributed by atoms with E-state index in [1.165, 1.54) is 115 Å². The summed E-state index contributed by atoms with van der Waals surface area (Å²) in [6.07, 6.45) is 23.5. The Labute approximate surface area is 434 Å². The number of carbonyl (C=O) groups is 7. The molecule has 0 fully saturated rings. The smallest absolute Gasteiger partial charge is 0.550 e. The molecule has 3 N–H and O–H groups in total. The van der Waals surface area contributed by atoms with Crippen molar-refractivity contribution in [2.24, 2.45) is 0 Å². The molecule has 0 radical (unpaired) electrons. The third-order valence-electron chi connectivity index (χ3n) is 9.20. The van der Waals surface area contributed by atoms with Crippen molar-refractivity contribution in [3.63, 3.8) is 0 Å². The Kier molecular flexibility index (Phi) is 63.5. The predicted octanol–water partition coefficient (Wildman–Crippen LogP) is -5.94. The molecule has 0 aliphatic rings. The summed E-state index contributed by atoms with van der Waals surface area (Å²) in [6, 6.07) is -1.27. The van der Waals surface area contributed by atoms with Crippen LogP contribution in [-0.4, -0.2) is 96.4 Å². The SMILES string of the molecule is CC(=O)NCCN(CCO)CC(=O)[O-].CCCCCCCCCCCC(=O)OC(C)C(C)=O.CCCCCCCCCCCCCC(=O)NC(CCC(=O)[O-])C(=O)[O-].[Na+].[Na+].[Na+]. The van der Waals surface area contributed by atoms with Gasteiger partial charge in [-0.1, -0.05) is 129 Å². The summed E-state index contributed by atoms with van der Waals surface area (Å²) in [7, 11) is 0. The molecule has 0 rings (SSSR count). The number of aliphatic carboxylic acids is 3. The average molecular weight is 898 g/mol. The number of ketones is 1. The first-order valence-corrected chi connectivity index (χ1v) is 21.8. The number of hydrogen-bond donors (Lipinski definition) is 3. The molecule has 0 spiro atoms. The number of aliphatic hydroxyl groups is 1. The summed E-state index contributed by atoms with van der Waals surface area (Å²) in [5.41, 5.74) is 0. The van der Waals surface area contributed by atoms with Gasteiger partial charge in [0, 0.05) is 51.9 Å². The number of rotatable bonds is 36. The van der Waals surface area contributed by atoms with Crippen LogP contribution in [0.2, 0.25) is 0 Å². The maximum atomic E-state index is 11.7. The number of hydrogen-bond acceptors (Lipinski definition) is 13. The van der Waals surface area contributed by atoms with Crippen LogP contribution in [0.25, 0.3) is 0 Å². The van der Waals surface area contributed by atoms with Gasteiger partial charge in [0.1, 0.15) is 0 Å². The van der Waals surface area contributed by atoms with Crippen molar-refractivity contribution in [1.82, 2.24) is 15.5 Å². The van der Waals surface area contributed by atoms with Crippen molar-refractivity contribution >= 4 is 41.5 Å². The van der Waals surface area contributed by atoms with Gasteiger partial charge in [-0.2, -0.15) is 0 Å². The molecule has 0 aromatic rings. The monoisotopic (exact) mass is 898 g/mol. The number of esters is 1. The van der Waals surface area contributed by atoms with E-state index in [9.17, 15) is 48.9 Å². The molecule has 0 aromatic carbocycles. The molecule has 15 nitrogen and oxygen atoms in total. The van der Waals surface area contributed by atoms with Gasteiger partial charge in [0.15, 0.2) is 11.9 Å². The van der Waals surface area contributed by atoms with Crippen molar-refractivity contribution in [2.45, 2.75) is 201 Å². The van der Waals surface area contributed by atoms with Gasteiger partial charge >= 0.3 is 94.6 Å². The quantitative estimate of drug-likeness (QED) is 0.0302. The van der Waals surface area contributed by atoms with Crippen LogP contribution in [0.1, 0.15) is 189 Å². The number of carboxylic acids is 3. The van der Waals surface area contributed by atoms with E-state index >= 15 is 0 Å². The van der Waals surface area contributed by atoms with Crippen LogP contribution in [0, 0.1) is 0 Å². The van der Waals surface area contributed by atoms with Gasteiger partial charge in [0.05, 0.1) is 24.6 Å². The number of ether oxygens (including phenoxy) is 1. The number of carboxylic acid groups (broad SMARTS) is 3. The second-order valence-electron chi connectivity index (χ2n) is 14.8. The molecule has 61 heavy (non-hydrogen) atoms. The van der Waals surface area contributed by atoms with Crippen LogP contribution in [0.5, 0.6) is 0 Å². The Balaban J connectivity index is -0.000000189. The summed E-state index contributed by atoms with van der Waals surface area (Å²) in [4.78, 5) is 77.5. The van der Waals surface area contributed by atoms with Crippen LogP contribution < -0.4 is 115 Å². The molecule has 0 saturated carbocycles. The van der Waals surface area contributed by atoms with E-state index in [1.807, 2.05) is 0 Å². The van der Waals surface area contributed by atoms with Gasteiger partial charge in [-0.05, 0) is 39.5 Å². The van der Waals surface area contributed by atoms with E-state index in [4.69, 9.17) is 9.84 Å². The van der Waals surface area contributed by atoms with E-state index in [0.29, 0.717) is 25.9 Å². The summed E-state index contributed by atoms with van der Waals surface area (Å²) >= 11 is 0. The van der Waals surface area contributed by atoms with E-state index in [1.54, 1.807) is 6.92 Å². The summed E-state index contributed by atoms with van der Waals surface area (Å²) in [6.45, 7) is 9.54. The minimum Gasteiger partial charge on any atom is -0.550 e. The second-order valence-corrected chi connectivity index (χ2v) is 14.8. The molecule has 2 unspecified atom stereocenters. The molecule has 0 saturated heterocycles. The Morgan fingerprint density at radius 1 is 0.607 bits per heavy atom. The Morgan fingerprint density at radius 2 is 1.03 bits per heavy atom. The summed E-state index contributed by atoms with van der Waals surface area (Å²) < 4.78 is 5.00. The molecule has 0 aliphatic carbocycles. The molecule has 340 valence electrons. The molecule has 0 bridgehead atoms. The normalized spacial score (nSPS) is 11.0. The molecule has 0 aliphatic heterocycles. The zero-order valence-corrected chi connectivity index (χ0v) is 45.5. The van der Waals surface area contributed by atoms with E-state index in [2.05, 4.69) is 24.5 Å². The van der Waals surface area contributed by atoms with Crippen LogP contribution in [0.4, 0.5) is 0 Å². The van der Waals surface area contributed by atoms with Crippen molar-refractivity contribution < 1.29 is 147 Å². The second kappa shape index (κ2) is 53.7. The third kappa shape index (κ3) is 59.4. The molecule has 2 amide bonds. The summed E-state index contributed by atoms with van der Waals surface area (Å²) in [5.74, 6) is -4.88. The average Bonchev–Trinajstić information content (AvgIpc) is 3.14. The standard InChI is InChI=1S/C19H35NO5.C16H30O3.C8H16N2O4.3Na/c1-2-3-4-5-6-7-8-9-10-11-12-13-17(21)20-16(19(24)25)14-15-18(22)23;1-4-5-6-7-8-9-10-11-12-13-16(18)19-15(3)14(2)17;1-7(12)9-2-3-10(4-5-11)6-8(13)14;;;/h16H,2-15H2,1H3,(H,20,21)(H,22,23)(H,24,25);15H,4-13H2,1-3H3;11H,2-6H2,1H3,(H,9,12)(H,13,14);;;/q;;;3*+1/p-3. The van der Waals surface area contributed by atoms with Gasteiger partial charge in [0.25, 0.3) is 0 Å². The molecule has 0 aromatic heterocycles. The maximum absolute atomic E-state index is 11.7. The largest absolute Gasteiger partial charge is 1.00 e. The van der Waals surface area contributed by atoms with Crippen molar-refractivity contribution in [3.05, 3.63) is 0 Å². The number of Topliss-reactive ketones (excluding diaryl/α,β-unsaturated/α-hetero) is 1. The van der Waals surface area contributed by atoms with Gasteiger partial charge < -0.3 is 50.2 Å². The van der Waals surface area contributed by atoms with Gasteiger partial charge in [-0.25, -0.2) is 0 Å². The predicted molar refractivity (Wildman–Crippen MR) is 218 cm³/mol. The fourth-order valence-electron chi connectivity index (χ4n) is 5.63. The first kappa shape index (κ1) is 72.0. The van der Waals surface area contributed by atoms with E-state index < -0.39 is 36.5 Å². The zero-order valence-electron chi connectivity index (χ0n) is 39.5. The molecular weight excluding hydrogens is 819 g/mol. The van der Waals surface area contributed by atoms with Crippen LogP contribution >= 0.6 is 0 Å². The number of unbranched alkanes of at least 4 members (excludes halogenated alkanes) is 18. The van der Waals surface area contributed by atoms with Crippen molar-refractivity contribution in [2.75, 3.05) is 32.8 Å². The van der Waals surface area contributed by atoms with Crippen LogP contribution in [-0.2, 0) is 38.3 Å². The number of amides is 2. The van der Waals surface area contributed by atoms with Gasteiger partial charge in [-0.3, -0.25) is 24.1 Å². The van der Waals surface area contributed by atoms with Crippen molar-refractivity contribution in [3.8, 4) is 0 Å². The first-order valence-electron chi connectivity index (χ1n) is 21.8. The Morgan fingerprint density at radius 3 is 1.39 bits per heavy atom. The topological polar surface area (TPSA) is 245 Å². The molecule has 18 heteroatoms. The number of nitrogens with one attached hydrogen (secondary N) is 2. The fourth-order valence-corrected chi connectivity index (χ4v) is 5.63. The fraction of sp³-hybridized carbons (Fsp3) is 0.837. The Hall–Kier alpha value is -0.590. The van der Waals surface area contributed by atoms with Gasteiger partial charge in [-0.15, -0.1) is 0 Å². The van der Waals surface area contributed by atoms with E-state index in [0.717, 1.165) is 25.7 Å². The minimum atomic E-state index is -1.46. The number of nitrogens with zero attached hydrogens (tertiary/aromatic N) is 1. The zero-order chi connectivity index (χ0) is 44.4. The summed E-state index contributed by atoms with van der Waals surface area (Å²) in [5, 5.41) is 45.0. The van der Waals surface area contributed by atoms with Gasteiger partial charge in [0.2, 0.25) is 11.8 Å². The van der Waals surface area contributed by atoms with Crippen molar-refractivity contribution in [1.29, 1.82) is 0 Å². The maximum Gasteiger partial charge on any atom is 1.00 e. The van der Waals surface area contributed by atoms with Crippen LogP contribution in [0.15, 0.2) is 0 Å². The molecule has 2 atom stereocenters. The number of aliphatic hydroxyl groups excluding tert-OH is 1. The minimum absolute atomic E-state index is 0.